The Hall–Kier alpha value is -3.69. The summed E-state index contributed by atoms with van der Waals surface area (Å²) in [5, 5.41) is 16.7. The predicted molar refractivity (Wildman–Crippen MR) is 165 cm³/mol. The Morgan fingerprint density at radius 2 is 1.67 bits per heavy atom. The van der Waals surface area contributed by atoms with E-state index in [1.54, 1.807) is 36.2 Å². The third kappa shape index (κ3) is 6.78. The smallest absolute Gasteiger partial charge is 0.251 e. The number of piperidine rings is 1. The van der Waals surface area contributed by atoms with Gasteiger partial charge in [-0.05, 0) is 80.5 Å². The molecular weight excluding hydrogens is 544 g/mol. The van der Waals surface area contributed by atoms with E-state index in [0.717, 1.165) is 44.2 Å². The van der Waals surface area contributed by atoms with E-state index in [4.69, 9.17) is 4.74 Å². The lowest BCUT2D eigenvalue weighted by Gasteiger charge is -2.52. The second-order valence-corrected chi connectivity index (χ2v) is 12.0. The van der Waals surface area contributed by atoms with Gasteiger partial charge in [-0.1, -0.05) is 43.5 Å². The molecule has 1 saturated carbocycles. The van der Waals surface area contributed by atoms with Crippen LogP contribution in [0.4, 0.5) is 0 Å². The summed E-state index contributed by atoms with van der Waals surface area (Å²) in [5.74, 6) is 0.963. The summed E-state index contributed by atoms with van der Waals surface area (Å²) >= 11 is 0. The third-order valence-corrected chi connectivity index (χ3v) is 9.35. The van der Waals surface area contributed by atoms with Gasteiger partial charge in [-0.2, -0.15) is 0 Å². The lowest BCUT2D eigenvalue weighted by Crippen LogP contribution is -2.74. The van der Waals surface area contributed by atoms with Crippen molar-refractivity contribution in [2.45, 2.75) is 76.1 Å². The largest absolute Gasteiger partial charge is 0.457 e. The molecule has 1 aliphatic carbocycles. The van der Waals surface area contributed by atoms with Gasteiger partial charge < -0.3 is 25.4 Å². The van der Waals surface area contributed by atoms with E-state index in [1.165, 1.54) is 0 Å². The standard InChI is InChI=1S/C34H44N4O5/c1-3-4-20-38-32(41)29(30(39)25-8-6-5-7-9-25)36-33(42)34(38)18-21-37(22-19-34)23-24-10-14-27(15-11-24)43-28-16-12-26(13-17-28)31(40)35-2/h3-4,10-17,25,29-30,39H,5-9,18-23H2,1-2H3,(H,35,40)(H,36,42)/b4-3+/t29-,30-/m1/s1. The first-order chi connectivity index (χ1) is 20.8. The number of hydrogen-bond acceptors (Lipinski definition) is 6. The van der Waals surface area contributed by atoms with Crippen LogP contribution in [0.5, 0.6) is 11.5 Å². The maximum absolute atomic E-state index is 13.8. The fourth-order valence-electron chi connectivity index (χ4n) is 6.75. The number of rotatable bonds is 9. The second-order valence-electron chi connectivity index (χ2n) is 12.0. The van der Waals surface area contributed by atoms with Crippen molar-refractivity contribution in [3.63, 3.8) is 0 Å². The molecule has 1 spiro atoms. The van der Waals surface area contributed by atoms with Crippen LogP contribution in [0.2, 0.25) is 0 Å². The lowest BCUT2D eigenvalue weighted by atomic mass is 9.78. The molecule has 43 heavy (non-hydrogen) atoms. The number of nitrogens with one attached hydrogen (secondary N) is 2. The summed E-state index contributed by atoms with van der Waals surface area (Å²) in [5.41, 5.74) is 0.801. The van der Waals surface area contributed by atoms with E-state index in [2.05, 4.69) is 15.5 Å². The average Bonchev–Trinajstić information content (AvgIpc) is 3.04. The number of likely N-dealkylation sites (tertiary alicyclic amines) is 1. The van der Waals surface area contributed by atoms with E-state index in [-0.39, 0.29) is 23.6 Å². The molecule has 9 nitrogen and oxygen atoms in total. The Morgan fingerprint density at radius 1 is 1.05 bits per heavy atom. The van der Waals surface area contributed by atoms with Gasteiger partial charge in [0.25, 0.3) is 5.91 Å². The van der Waals surface area contributed by atoms with Crippen LogP contribution in [-0.2, 0) is 16.1 Å². The van der Waals surface area contributed by atoms with Crippen molar-refractivity contribution in [3.8, 4) is 11.5 Å². The van der Waals surface area contributed by atoms with Crippen LogP contribution in [0.1, 0.15) is 67.8 Å². The van der Waals surface area contributed by atoms with Gasteiger partial charge in [0.2, 0.25) is 11.8 Å². The highest BCUT2D eigenvalue weighted by Crippen LogP contribution is 2.36. The summed E-state index contributed by atoms with van der Waals surface area (Å²) in [6, 6.07) is 14.0. The normalized spacial score (nSPS) is 22.0. The van der Waals surface area contributed by atoms with Gasteiger partial charge in [0, 0.05) is 38.8 Å². The van der Waals surface area contributed by atoms with Crippen LogP contribution in [0.15, 0.2) is 60.7 Å². The molecule has 3 amide bonds. The zero-order valence-corrected chi connectivity index (χ0v) is 25.3. The first-order valence-corrected chi connectivity index (χ1v) is 15.6. The Morgan fingerprint density at radius 3 is 2.28 bits per heavy atom. The zero-order valence-electron chi connectivity index (χ0n) is 25.3. The van der Waals surface area contributed by atoms with Gasteiger partial charge in [-0.3, -0.25) is 19.3 Å². The quantitative estimate of drug-likeness (QED) is 0.382. The Labute approximate surface area is 254 Å². The van der Waals surface area contributed by atoms with Crippen molar-refractivity contribution in [2.75, 3.05) is 26.7 Å². The van der Waals surface area contributed by atoms with Crippen molar-refractivity contribution in [1.29, 1.82) is 0 Å². The second kappa shape index (κ2) is 13.7. The SMILES string of the molecule is C/C=C/CN1C(=O)[C@@H]([C@H](O)C2CCCCC2)NC(=O)C12CCN(Cc1ccc(Oc3ccc(C(=O)NC)cc3)cc1)CC2. The van der Waals surface area contributed by atoms with Crippen LogP contribution in [0.3, 0.4) is 0 Å². The summed E-state index contributed by atoms with van der Waals surface area (Å²) in [6.45, 7) is 4.37. The molecule has 0 radical (unpaired) electrons. The molecule has 3 aliphatic rings. The van der Waals surface area contributed by atoms with E-state index in [1.807, 2.05) is 43.3 Å². The molecule has 9 heteroatoms. The molecule has 0 unspecified atom stereocenters. The molecule has 2 atom stereocenters. The number of amides is 3. The molecule has 2 aromatic carbocycles. The molecule has 3 N–H and O–H groups in total. The van der Waals surface area contributed by atoms with Gasteiger partial charge in [0.15, 0.2) is 0 Å². The lowest BCUT2D eigenvalue weighted by molar-refractivity contribution is -0.164. The monoisotopic (exact) mass is 588 g/mol. The minimum absolute atomic E-state index is 0.0498. The molecule has 3 fully saturated rings. The molecule has 230 valence electrons. The van der Waals surface area contributed by atoms with Crippen molar-refractivity contribution in [1.82, 2.24) is 20.4 Å². The molecule has 0 aromatic heterocycles. The van der Waals surface area contributed by atoms with Gasteiger partial charge in [-0.15, -0.1) is 0 Å². The first kappa shape index (κ1) is 30.8. The minimum Gasteiger partial charge on any atom is -0.457 e. The van der Waals surface area contributed by atoms with Crippen LogP contribution < -0.4 is 15.4 Å². The number of nitrogens with zero attached hydrogens (tertiary/aromatic N) is 2. The summed E-state index contributed by atoms with van der Waals surface area (Å²) in [4.78, 5) is 43.3. The van der Waals surface area contributed by atoms with Gasteiger partial charge in [-0.25, -0.2) is 0 Å². The van der Waals surface area contributed by atoms with Gasteiger partial charge in [0.1, 0.15) is 23.1 Å². The van der Waals surface area contributed by atoms with Crippen molar-refractivity contribution in [2.24, 2.45) is 5.92 Å². The third-order valence-electron chi connectivity index (χ3n) is 9.35. The van der Waals surface area contributed by atoms with Crippen LogP contribution in [-0.4, -0.2) is 77.0 Å². The summed E-state index contributed by atoms with van der Waals surface area (Å²) in [7, 11) is 1.60. The first-order valence-electron chi connectivity index (χ1n) is 15.6. The highest BCUT2D eigenvalue weighted by atomic mass is 16.5. The van der Waals surface area contributed by atoms with E-state index >= 15 is 0 Å². The molecule has 0 bridgehead atoms. The number of carbonyl (C=O) groups excluding carboxylic acids is 3. The van der Waals surface area contributed by atoms with E-state index < -0.39 is 17.7 Å². The summed E-state index contributed by atoms with van der Waals surface area (Å²) in [6.07, 6.45) is 9.14. The number of piperazine rings is 1. The number of ether oxygens (including phenoxy) is 1. The Balaban J connectivity index is 1.20. The fourth-order valence-corrected chi connectivity index (χ4v) is 6.75. The van der Waals surface area contributed by atoms with Crippen molar-refractivity contribution in [3.05, 3.63) is 71.8 Å². The van der Waals surface area contributed by atoms with Gasteiger partial charge >= 0.3 is 0 Å². The maximum atomic E-state index is 13.8. The average molecular weight is 589 g/mol. The fraction of sp³-hybridized carbons (Fsp3) is 0.500. The molecule has 2 aromatic rings. The number of aliphatic hydroxyl groups excluding tert-OH is 1. The van der Waals surface area contributed by atoms with Crippen LogP contribution >= 0.6 is 0 Å². The van der Waals surface area contributed by atoms with Crippen LogP contribution in [0.25, 0.3) is 0 Å². The molecule has 2 heterocycles. The molecular formula is C34H44N4O5. The predicted octanol–water partition coefficient (Wildman–Crippen LogP) is 4.02. The topological polar surface area (TPSA) is 111 Å². The minimum atomic E-state index is -0.902. The number of hydrogen-bond donors (Lipinski definition) is 3. The number of aliphatic hydroxyl groups is 1. The van der Waals surface area contributed by atoms with E-state index in [9.17, 15) is 19.5 Å². The number of benzene rings is 2. The Kier molecular flexibility index (Phi) is 9.82. The highest BCUT2D eigenvalue weighted by Gasteiger charge is 2.55. The molecule has 2 saturated heterocycles. The molecule has 5 rings (SSSR count). The molecule has 2 aliphatic heterocycles. The zero-order chi connectivity index (χ0) is 30.4. The number of allylic oxidation sites excluding steroid dienone is 1. The highest BCUT2D eigenvalue weighted by molar-refractivity contribution is 6.00. The number of carbonyl (C=O) groups is 3. The maximum Gasteiger partial charge on any atom is 0.251 e. The van der Waals surface area contributed by atoms with E-state index in [0.29, 0.717) is 49.5 Å². The van der Waals surface area contributed by atoms with Gasteiger partial charge in [0.05, 0.1) is 6.10 Å². The Bertz CT molecular complexity index is 1300. The van der Waals surface area contributed by atoms with Crippen molar-refractivity contribution < 1.29 is 24.2 Å². The van der Waals surface area contributed by atoms with Crippen LogP contribution in [0, 0.1) is 5.92 Å². The summed E-state index contributed by atoms with van der Waals surface area (Å²) < 4.78 is 5.95. The van der Waals surface area contributed by atoms with Crippen molar-refractivity contribution >= 4 is 17.7 Å².